The largest absolute Gasteiger partial charge is 0.383 e. The van der Waals surface area contributed by atoms with E-state index in [0.29, 0.717) is 30.2 Å². The summed E-state index contributed by atoms with van der Waals surface area (Å²) < 4.78 is 18.3. The van der Waals surface area contributed by atoms with Gasteiger partial charge in [-0.05, 0) is 29.7 Å². The summed E-state index contributed by atoms with van der Waals surface area (Å²) in [4.78, 5) is 0. The number of hydrogen-bond acceptors (Lipinski definition) is 3. The van der Waals surface area contributed by atoms with Gasteiger partial charge in [-0.25, -0.2) is 4.39 Å². The molecule has 0 amide bonds. The van der Waals surface area contributed by atoms with Crippen molar-refractivity contribution in [3.8, 4) is 6.07 Å². The molecule has 0 saturated heterocycles. The number of nitrogens with one attached hydrogen (secondary N) is 1. The van der Waals surface area contributed by atoms with Crippen LogP contribution in [0, 0.1) is 23.1 Å². The predicted octanol–water partition coefficient (Wildman–Crippen LogP) is 2.46. The van der Waals surface area contributed by atoms with Crippen molar-refractivity contribution in [2.75, 3.05) is 13.7 Å². The summed E-state index contributed by atoms with van der Waals surface area (Å²) in [7, 11) is 1.65. The molecule has 0 heterocycles. The van der Waals surface area contributed by atoms with E-state index in [2.05, 4.69) is 25.2 Å². The number of methoxy groups -OCH3 is 1. The maximum Gasteiger partial charge on any atom is 0.123 e. The Morgan fingerprint density at radius 1 is 1.44 bits per heavy atom. The van der Waals surface area contributed by atoms with Crippen molar-refractivity contribution in [3.63, 3.8) is 0 Å². The first-order valence-electron chi connectivity index (χ1n) is 5.99. The summed E-state index contributed by atoms with van der Waals surface area (Å²) in [5.74, 6) is 0.0858. The molecule has 0 spiro atoms. The van der Waals surface area contributed by atoms with E-state index in [1.54, 1.807) is 7.11 Å². The van der Waals surface area contributed by atoms with Crippen molar-refractivity contribution >= 4 is 0 Å². The molecule has 4 heteroatoms. The number of benzene rings is 1. The van der Waals surface area contributed by atoms with Crippen molar-refractivity contribution in [1.29, 1.82) is 5.26 Å². The van der Waals surface area contributed by atoms with Crippen LogP contribution in [0.25, 0.3) is 0 Å². The van der Waals surface area contributed by atoms with Gasteiger partial charge < -0.3 is 10.1 Å². The zero-order chi connectivity index (χ0) is 13.5. The van der Waals surface area contributed by atoms with Crippen LogP contribution in [0.3, 0.4) is 0 Å². The van der Waals surface area contributed by atoms with Gasteiger partial charge in [0.1, 0.15) is 5.82 Å². The highest BCUT2D eigenvalue weighted by molar-refractivity contribution is 5.37. The molecule has 18 heavy (non-hydrogen) atoms. The Hall–Kier alpha value is -1.44. The third kappa shape index (κ3) is 4.10. The molecule has 0 aliphatic rings. The standard InChI is InChI=1S/C14H19FN2O/c1-10(2)14(9-18-3)17-8-12-6-13(15)5-4-11(12)7-16/h4-6,10,14,17H,8-9H2,1-3H3. The van der Waals surface area contributed by atoms with Crippen molar-refractivity contribution in [3.05, 3.63) is 35.1 Å². The Balaban J connectivity index is 2.72. The maximum atomic E-state index is 13.2. The first kappa shape index (κ1) is 14.6. The Morgan fingerprint density at radius 3 is 2.72 bits per heavy atom. The van der Waals surface area contributed by atoms with E-state index in [1.165, 1.54) is 18.2 Å². The Labute approximate surface area is 108 Å². The lowest BCUT2D eigenvalue weighted by molar-refractivity contribution is 0.146. The molecule has 98 valence electrons. The van der Waals surface area contributed by atoms with Crippen LogP contribution < -0.4 is 5.32 Å². The summed E-state index contributed by atoms with van der Waals surface area (Å²) in [5.41, 5.74) is 1.18. The summed E-state index contributed by atoms with van der Waals surface area (Å²) in [6, 6.07) is 6.46. The second-order valence-electron chi connectivity index (χ2n) is 4.60. The molecule has 1 aromatic rings. The topological polar surface area (TPSA) is 45.0 Å². The minimum atomic E-state index is -0.321. The normalized spacial score (nSPS) is 12.4. The number of ether oxygens (including phenoxy) is 1. The summed E-state index contributed by atoms with van der Waals surface area (Å²) in [6.45, 7) is 5.24. The molecule has 0 aliphatic carbocycles. The summed E-state index contributed by atoms with van der Waals surface area (Å²) in [6.07, 6.45) is 0. The first-order valence-corrected chi connectivity index (χ1v) is 5.99. The highest BCUT2D eigenvalue weighted by atomic mass is 19.1. The molecular formula is C14H19FN2O. The summed E-state index contributed by atoms with van der Waals surface area (Å²) in [5, 5.41) is 12.3. The monoisotopic (exact) mass is 250 g/mol. The van der Waals surface area contributed by atoms with Gasteiger partial charge in [0.05, 0.1) is 18.2 Å². The third-order valence-corrected chi connectivity index (χ3v) is 2.89. The van der Waals surface area contributed by atoms with Gasteiger partial charge >= 0.3 is 0 Å². The van der Waals surface area contributed by atoms with Crippen LogP contribution >= 0.6 is 0 Å². The number of halogens is 1. The molecule has 0 aromatic heterocycles. The van der Waals surface area contributed by atoms with E-state index in [0.717, 1.165) is 0 Å². The van der Waals surface area contributed by atoms with Gasteiger partial charge in [-0.1, -0.05) is 13.8 Å². The van der Waals surface area contributed by atoms with Crippen LogP contribution in [0.15, 0.2) is 18.2 Å². The Morgan fingerprint density at radius 2 is 2.17 bits per heavy atom. The summed E-state index contributed by atoms with van der Waals surface area (Å²) >= 11 is 0. The van der Waals surface area contributed by atoms with E-state index in [9.17, 15) is 4.39 Å². The van der Waals surface area contributed by atoms with E-state index in [-0.39, 0.29) is 11.9 Å². The van der Waals surface area contributed by atoms with Gasteiger partial charge in [-0.3, -0.25) is 0 Å². The highest BCUT2D eigenvalue weighted by Crippen LogP contribution is 2.11. The van der Waals surface area contributed by atoms with Crippen LogP contribution in [-0.4, -0.2) is 19.8 Å². The van der Waals surface area contributed by atoms with Gasteiger partial charge in [0, 0.05) is 19.7 Å². The minimum Gasteiger partial charge on any atom is -0.383 e. The van der Waals surface area contributed by atoms with Crippen molar-refractivity contribution in [2.24, 2.45) is 5.92 Å². The second kappa shape index (κ2) is 7.10. The van der Waals surface area contributed by atoms with Gasteiger partial charge in [-0.15, -0.1) is 0 Å². The van der Waals surface area contributed by atoms with Crippen LogP contribution in [0.5, 0.6) is 0 Å². The lowest BCUT2D eigenvalue weighted by atomic mass is 10.0. The Bertz CT molecular complexity index is 426. The number of nitriles is 1. The quantitative estimate of drug-likeness (QED) is 0.843. The van der Waals surface area contributed by atoms with Gasteiger partial charge in [0.15, 0.2) is 0 Å². The zero-order valence-electron chi connectivity index (χ0n) is 11.0. The molecule has 1 atom stereocenters. The lowest BCUT2D eigenvalue weighted by Crippen LogP contribution is -2.37. The molecular weight excluding hydrogens is 231 g/mol. The third-order valence-electron chi connectivity index (χ3n) is 2.89. The van der Waals surface area contributed by atoms with E-state index in [4.69, 9.17) is 10.00 Å². The Kier molecular flexibility index (Phi) is 5.76. The molecule has 0 saturated carbocycles. The van der Waals surface area contributed by atoms with Crippen LogP contribution in [0.4, 0.5) is 4.39 Å². The molecule has 1 N–H and O–H groups in total. The molecule has 1 unspecified atom stereocenters. The molecule has 1 aromatic carbocycles. The van der Waals surface area contributed by atoms with Crippen LogP contribution in [-0.2, 0) is 11.3 Å². The van der Waals surface area contributed by atoms with Crippen molar-refractivity contribution < 1.29 is 9.13 Å². The van der Waals surface area contributed by atoms with Crippen molar-refractivity contribution in [1.82, 2.24) is 5.32 Å². The maximum absolute atomic E-state index is 13.2. The van der Waals surface area contributed by atoms with Crippen molar-refractivity contribution in [2.45, 2.75) is 26.4 Å². The second-order valence-corrected chi connectivity index (χ2v) is 4.60. The minimum absolute atomic E-state index is 0.185. The first-order chi connectivity index (χ1) is 8.58. The number of rotatable bonds is 6. The van der Waals surface area contributed by atoms with Crippen LogP contribution in [0.2, 0.25) is 0 Å². The van der Waals surface area contributed by atoms with Gasteiger partial charge in [0.25, 0.3) is 0 Å². The predicted molar refractivity (Wildman–Crippen MR) is 68.5 cm³/mol. The zero-order valence-corrected chi connectivity index (χ0v) is 11.0. The average Bonchev–Trinajstić information content (AvgIpc) is 2.34. The number of nitrogens with zero attached hydrogens (tertiary/aromatic N) is 1. The van der Waals surface area contributed by atoms with Crippen LogP contribution in [0.1, 0.15) is 25.0 Å². The lowest BCUT2D eigenvalue weighted by Gasteiger charge is -2.21. The fraction of sp³-hybridized carbons (Fsp3) is 0.500. The molecule has 0 fully saturated rings. The fourth-order valence-corrected chi connectivity index (χ4v) is 1.73. The smallest absolute Gasteiger partial charge is 0.123 e. The fourth-order valence-electron chi connectivity index (χ4n) is 1.73. The highest BCUT2D eigenvalue weighted by Gasteiger charge is 2.13. The van der Waals surface area contributed by atoms with Gasteiger partial charge in [0.2, 0.25) is 0 Å². The molecule has 0 radical (unpaired) electrons. The SMILES string of the molecule is COCC(NCc1cc(F)ccc1C#N)C(C)C. The van der Waals surface area contributed by atoms with Gasteiger partial charge in [-0.2, -0.15) is 5.26 Å². The molecule has 0 aliphatic heterocycles. The molecule has 0 bridgehead atoms. The van der Waals surface area contributed by atoms with E-state index in [1.807, 2.05) is 0 Å². The average molecular weight is 250 g/mol. The molecule has 1 rings (SSSR count). The van der Waals surface area contributed by atoms with E-state index >= 15 is 0 Å². The molecule has 3 nitrogen and oxygen atoms in total. The number of hydrogen-bond donors (Lipinski definition) is 1. The van der Waals surface area contributed by atoms with E-state index < -0.39 is 0 Å².